The highest BCUT2D eigenvalue weighted by atomic mass is 79.9. The van der Waals surface area contributed by atoms with E-state index in [2.05, 4.69) is 26.3 Å². The molecule has 1 heterocycles. The van der Waals surface area contributed by atoms with Crippen molar-refractivity contribution in [2.45, 2.75) is 13.2 Å². The summed E-state index contributed by atoms with van der Waals surface area (Å²) >= 11 is 3.31. The summed E-state index contributed by atoms with van der Waals surface area (Å²) in [7, 11) is 1.62. The van der Waals surface area contributed by atoms with Gasteiger partial charge in [-0.25, -0.2) is 4.68 Å². The van der Waals surface area contributed by atoms with Crippen molar-refractivity contribution in [2.24, 2.45) is 7.05 Å². The lowest BCUT2D eigenvalue weighted by Gasteiger charge is -2.10. The second-order valence-electron chi connectivity index (χ2n) is 5.57. The van der Waals surface area contributed by atoms with Crippen LogP contribution in [0.4, 0.5) is 5.69 Å². The van der Waals surface area contributed by atoms with Crippen LogP contribution in [0.15, 0.2) is 70.1 Å². The molecule has 2 aromatic carbocycles. The highest BCUT2D eigenvalue weighted by Crippen LogP contribution is 2.17. The third kappa shape index (κ3) is 4.48. The van der Waals surface area contributed by atoms with Gasteiger partial charge in [0.15, 0.2) is 0 Å². The molecule has 0 fully saturated rings. The number of rotatable bonds is 6. The maximum absolute atomic E-state index is 11.8. The number of aryl methyl sites for hydroxylation is 1. The van der Waals surface area contributed by atoms with Gasteiger partial charge in [-0.15, -0.1) is 0 Å². The first-order chi connectivity index (χ1) is 12.1. The zero-order valence-electron chi connectivity index (χ0n) is 13.8. The van der Waals surface area contributed by atoms with E-state index >= 15 is 0 Å². The Labute approximate surface area is 154 Å². The third-order valence-electron chi connectivity index (χ3n) is 3.73. The lowest BCUT2D eigenvalue weighted by atomic mass is 10.1. The lowest BCUT2D eigenvalue weighted by Crippen LogP contribution is -2.21. The number of halogens is 1. The molecule has 5 nitrogen and oxygen atoms in total. The molecular weight excluding hydrogens is 382 g/mol. The number of nitrogens with zero attached hydrogens (tertiary/aromatic N) is 2. The molecule has 0 saturated carbocycles. The first-order valence-corrected chi connectivity index (χ1v) is 8.64. The fraction of sp³-hybridized carbons (Fsp3) is 0.158. The zero-order valence-corrected chi connectivity index (χ0v) is 15.4. The average molecular weight is 400 g/mol. The van der Waals surface area contributed by atoms with Crippen LogP contribution >= 0.6 is 15.9 Å². The Hall–Kier alpha value is -2.60. The standard InChI is InChI=1S/C19H18BrN3O2/c1-23-19(24)18(20)17(12-22-23)21-11-14-7-9-15(10-8-14)13-25-16-5-3-2-4-6-16/h2-10,12,21H,11,13H2,1H3. The van der Waals surface area contributed by atoms with E-state index in [9.17, 15) is 4.79 Å². The highest BCUT2D eigenvalue weighted by Gasteiger charge is 2.06. The van der Waals surface area contributed by atoms with E-state index in [1.54, 1.807) is 13.2 Å². The zero-order chi connectivity index (χ0) is 17.6. The van der Waals surface area contributed by atoms with E-state index in [0.717, 1.165) is 16.9 Å². The van der Waals surface area contributed by atoms with Crippen molar-refractivity contribution in [1.29, 1.82) is 0 Å². The first kappa shape index (κ1) is 17.2. The highest BCUT2D eigenvalue weighted by molar-refractivity contribution is 9.10. The van der Waals surface area contributed by atoms with Gasteiger partial charge < -0.3 is 10.1 Å². The van der Waals surface area contributed by atoms with E-state index in [1.807, 2.05) is 54.6 Å². The first-order valence-electron chi connectivity index (χ1n) is 7.85. The largest absolute Gasteiger partial charge is 0.489 e. The van der Waals surface area contributed by atoms with E-state index in [4.69, 9.17) is 4.74 Å². The van der Waals surface area contributed by atoms with Crippen LogP contribution in [0.5, 0.6) is 5.75 Å². The molecule has 0 radical (unpaired) electrons. The maximum atomic E-state index is 11.8. The van der Waals surface area contributed by atoms with Crippen LogP contribution in [0.3, 0.4) is 0 Å². The summed E-state index contributed by atoms with van der Waals surface area (Å²) in [6.07, 6.45) is 1.63. The number of nitrogens with one attached hydrogen (secondary N) is 1. The van der Waals surface area contributed by atoms with Gasteiger partial charge in [0.05, 0.1) is 11.9 Å². The van der Waals surface area contributed by atoms with Gasteiger partial charge in [-0.3, -0.25) is 4.79 Å². The number of ether oxygens (including phenoxy) is 1. The molecule has 0 saturated heterocycles. The number of benzene rings is 2. The molecule has 0 aliphatic rings. The van der Waals surface area contributed by atoms with E-state index < -0.39 is 0 Å². The maximum Gasteiger partial charge on any atom is 0.282 e. The summed E-state index contributed by atoms with van der Waals surface area (Å²) in [5.74, 6) is 0.858. The van der Waals surface area contributed by atoms with Gasteiger partial charge in [-0.2, -0.15) is 5.10 Å². The Morgan fingerprint density at radius 1 is 1.08 bits per heavy atom. The van der Waals surface area contributed by atoms with Crippen molar-refractivity contribution < 1.29 is 4.74 Å². The molecule has 6 heteroatoms. The average Bonchev–Trinajstić information content (AvgIpc) is 2.66. The molecule has 0 amide bonds. The summed E-state index contributed by atoms with van der Waals surface area (Å²) in [5.41, 5.74) is 2.72. The van der Waals surface area contributed by atoms with Crippen molar-refractivity contribution in [2.75, 3.05) is 5.32 Å². The predicted molar refractivity (Wildman–Crippen MR) is 102 cm³/mol. The van der Waals surface area contributed by atoms with Crippen molar-refractivity contribution in [3.63, 3.8) is 0 Å². The van der Waals surface area contributed by atoms with E-state index in [1.165, 1.54) is 4.68 Å². The second kappa shape index (κ2) is 7.98. The van der Waals surface area contributed by atoms with Crippen LogP contribution in [0.25, 0.3) is 0 Å². The fourth-order valence-corrected chi connectivity index (χ4v) is 2.77. The van der Waals surface area contributed by atoms with Gasteiger partial charge in [-0.1, -0.05) is 42.5 Å². The molecule has 0 atom stereocenters. The number of hydrogen-bond acceptors (Lipinski definition) is 4. The minimum Gasteiger partial charge on any atom is -0.489 e. The Bertz CT molecular complexity index is 893. The van der Waals surface area contributed by atoms with Gasteiger partial charge in [0.2, 0.25) is 0 Å². The molecular formula is C19H18BrN3O2. The third-order valence-corrected chi connectivity index (χ3v) is 4.50. The Morgan fingerprint density at radius 3 is 2.48 bits per heavy atom. The second-order valence-corrected chi connectivity index (χ2v) is 6.37. The topological polar surface area (TPSA) is 56.1 Å². The van der Waals surface area contributed by atoms with E-state index in [0.29, 0.717) is 23.3 Å². The Balaban J connectivity index is 1.58. The van der Waals surface area contributed by atoms with Crippen molar-refractivity contribution >= 4 is 21.6 Å². The van der Waals surface area contributed by atoms with Gasteiger partial charge >= 0.3 is 0 Å². The molecule has 0 aliphatic heterocycles. The van der Waals surface area contributed by atoms with Crippen LogP contribution < -0.4 is 15.6 Å². The SMILES string of the molecule is Cn1ncc(NCc2ccc(COc3ccccc3)cc2)c(Br)c1=O. The molecule has 0 spiro atoms. The van der Waals surface area contributed by atoms with Crippen LogP contribution in [-0.2, 0) is 20.2 Å². The molecule has 0 bridgehead atoms. The van der Waals surface area contributed by atoms with Crippen molar-refractivity contribution in [3.8, 4) is 5.75 Å². The summed E-state index contributed by atoms with van der Waals surface area (Å²) in [4.78, 5) is 11.8. The Kier molecular flexibility index (Phi) is 5.50. The molecule has 3 aromatic rings. The molecule has 3 rings (SSSR count). The normalized spacial score (nSPS) is 10.5. The smallest absolute Gasteiger partial charge is 0.282 e. The monoisotopic (exact) mass is 399 g/mol. The molecule has 0 aliphatic carbocycles. The quantitative estimate of drug-likeness (QED) is 0.685. The van der Waals surface area contributed by atoms with Crippen LogP contribution in [-0.4, -0.2) is 9.78 Å². The van der Waals surface area contributed by atoms with Gasteiger partial charge in [-0.05, 0) is 39.2 Å². The number of aromatic nitrogens is 2. The molecule has 1 aromatic heterocycles. The summed E-state index contributed by atoms with van der Waals surface area (Å²) in [6, 6.07) is 17.9. The molecule has 1 N–H and O–H groups in total. The Morgan fingerprint density at radius 2 is 1.76 bits per heavy atom. The fourth-order valence-electron chi connectivity index (χ4n) is 2.27. The van der Waals surface area contributed by atoms with Gasteiger partial charge in [0.1, 0.15) is 16.8 Å². The van der Waals surface area contributed by atoms with Gasteiger partial charge in [0.25, 0.3) is 5.56 Å². The minimum absolute atomic E-state index is 0.168. The number of para-hydroxylation sites is 1. The van der Waals surface area contributed by atoms with Crippen LogP contribution in [0.1, 0.15) is 11.1 Å². The van der Waals surface area contributed by atoms with Gasteiger partial charge in [0, 0.05) is 13.6 Å². The van der Waals surface area contributed by atoms with Crippen LogP contribution in [0.2, 0.25) is 0 Å². The van der Waals surface area contributed by atoms with Crippen LogP contribution in [0, 0.1) is 0 Å². The minimum atomic E-state index is -0.168. The van der Waals surface area contributed by atoms with Crippen molar-refractivity contribution in [1.82, 2.24) is 9.78 Å². The van der Waals surface area contributed by atoms with E-state index in [-0.39, 0.29) is 5.56 Å². The predicted octanol–water partition coefficient (Wildman–Crippen LogP) is 3.73. The number of hydrogen-bond donors (Lipinski definition) is 1. The number of anilines is 1. The summed E-state index contributed by atoms with van der Waals surface area (Å²) in [5, 5.41) is 7.23. The molecule has 128 valence electrons. The van der Waals surface area contributed by atoms with Crippen molar-refractivity contribution in [3.05, 3.63) is 86.7 Å². The molecule has 0 unspecified atom stereocenters. The summed E-state index contributed by atoms with van der Waals surface area (Å²) < 4.78 is 7.51. The lowest BCUT2D eigenvalue weighted by molar-refractivity contribution is 0.306. The summed E-state index contributed by atoms with van der Waals surface area (Å²) in [6.45, 7) is 1.13. The molecule has 25 heavy (non-hydrogen) atoms.